The van der Waals surface area contributed by atoms with Crippen LogP contribution in [-0.4, -0.2) is 20.8 Å². The van der Waals surface area contributed by atoms with Gasteiger partial charge in [0.15, 0.2) is 11.7 Å². The second-order valence-electron chi connectivity index (χ2n) is 7.03. The zero-order valence-corrected chi connectivity index (χ0v) is 16.6. The molecule has 0 saturated carbocycles. The second-order valence-corrected chi connectivity index (χ2v) is 7.03. The lowest BCUT2D eigenvalue weighted by Crippen LogP contribution is -2.29. The van der Waals surface area contributed by atoms with E-state index in [0.717, 1.165) is 22.6 Å². The predicted octanol–water partition coefficient (Wildman–Crippen LogP) is 4.88. The molecule has 152 valence electrons. The Morgan fingerprint density at radius 2 is 1.87 bits per heavy atom. The van der Waals surface area contributed by atoms with E-state index in [1.54, 1.807) is 29.8 Å². The molecular formula is C24H23N3O3. The SMILES string of the molecule is O=C(CCCc1ncc(-c2ccccc2)o1)N(Cc1cccnc1)Cc1ccco1. The van der Waals surface area contributed by atoms with Crippen LogP contribution in [0.3, 0.4) is 0 Å². The molecule has 6 heteroatoms. The van der Waals surface area contributed by atoms with Gasteiger partial charge in [0.1, 0.15) is 5.76 Å². The minimum Gasteiger partial charge on any atom is -0.467 e. The molecule has 3 aromatic heterocycles. The molecule has 4 rings (SSSR count). The summed E-state index contributed by atoms with van der Waals surface area (Å²) in [6.07, 6.45) is 8.54. The van der Waals surface area contributed by atoms with Gasteiger partial charge in [-0.2, -0.15) is 0 Å². The van der Waals surface area contributed by atoms with Crippen LogP contribution >= 0.6 is 0 Å². The number of carbonyl (C=O) groups is 1. The van der Waals surface area contributed by atoms with E-state index in [2.05, 4.69) is 9.97 Å². The van der Waals surface area contributed by atoms with Gasteiger partial charge < -0.3 is 13.7 Å². The van der Waals surface area contributed by atoms with E-state index in [-0.39, 0.29) is 5.91 Å². The van der Waals surface area contributed by atoms with Gasteiger partial charge in [-0.15, -0.1) is 0 Å². The summed E-state index contributed by atoms with van der Waals surface area (Å²) in [5.74, 6) is 2.21. The molecule has 0 bridgehead atoms. The van der Waals surface area contributed by atoms with Gasteiger partial charge >= 0.3 is 0 Å². The molecule has 0 aliphatic rings. The maximum atomic E-state index is 12.9. The normalized spacial score (nSPS) is 10.8. The van der Waals surface area contributed by atoms with Crippen molar-refractivity contribution in [2.45, 2.75) is 32.4 Å². The first-order valence-electron chi connectivity index (χ1n) is 9.97. The fraction of sp³-hybridized carbons (Fsp3) is 0.208. The van der Waals surface area contributed by atoms with E-state index in [0.29, 0.717) is 38.2 Å². The Kier molecular flexibility index (Phi) is 6.35. The van der Waals surface area contributed by atoms with Crippen molar-refractivity contribution in [2.24, 2.45) is 0 Å². The Labute approximate surface area is 175 Å². The highest BCUT2D eigenvalue weighted by Gasteiger charge is 2.16. The maximum Gasteiger partial charge on any atom is 0.223 e. The third-order valence-corrected chi connectivity index (χ3v) is 4.77. The minimum atomic E-state index is 0.0603. The lowest BCUT2D eigenvalue weighted by Gasteiger charge is -2.21. The molecule has 0 atom stereocenters. The number of pyridine rings is 1. The zero-order valence-electron chi connectivity index (χ0n) is 16.6. The van der Waals surface area contributed by atoms with Crippen LogP contribution in [0.5, 0.6) is 0 Å². The van der Waals surface area contributed by atoms with Gasteiger partial charge in [0.05, 0.1) is 19.0 Å². The van der Waals surface area contributed by atoms with E-state index in [1.165, 1.54) is 0 Å². The van der Waals surface area contributed by atoms with Crippen molar-refractivity contribution in [3.63, 3.8) is 0 Å². The topological polar surface area (TPSA) is 72.4 Å². The molecule has 6 nitrogen and oxygen atoms in total. The standard InChI is InChI=1S/C24H23N3O3/c28-24(12-4-11-23-26-16-22(30-23)20-8-2-1-3-9-20)27(18-21-10-6-14-29-21)17-19-7-5-13-25-15-19/h1-3,5-10,13-16H,4,11-12,17-18H2. The second kappa shape index (κ2) is 9.69. The van der Waals surface area contributed by atoms with Crippen molar-refractivity contribution < 1.29 is 13.6 Å². The molecule has 0 radical (unpaired) electrons. The lowest BCUT2D eigenvalue weighted by atomic mass is 10.2. The number of oxazole rings is 1. The molecule has 0 spiro atoms. The van der Waals surface area contributed by atoms with Crippen LogP contribution in [0.15, 0.2) is 88.3 Å². The summed E-state index contributed by atoms with van der Waals surface area (Å²) in [6, 6.07) is 17.4. The molecule has 0 aliphatic heterocycles. The molecule has 3 heterocycles. The molecule has 4 aromatic rings. The first kappa shape index (κ1) is 19.6. The lowest BCUT2D eigenvalue weighted by molar-refractivity contribution is -0.132. The zero-order chi connectivity index (χ0) is 20.6. The van der Waals surface area contributed by atoms with Gasteiger partial charge in [0.25, 0.3) is 0 Å². The van der Waals surface area contributed by atoms with E-state index in [4.69, 9.17) is 8.83 Å². The van der Waals surface area contributed by atoms with Crippen molar-refractivity contribution in [3.05, 3.63) is 96.7 Å². The summed E-state index contributed by atoms with van der Waals surface area (Å²) in [5.41, 5.74) is 1.98. The monoisotopic (exact) mass is 401 g/mol. The summed E-state index contributed by atoms with van der Waals surface area (Å²) in [5, 5.41) is 0. The van der Waals surface area contributed by atoms with E-state index in [9.17, 15) is 4.79 Å². The van der Waals surface area contributed by atoms with E-state index < -0.39 is 0 Å². The number of hydrogen-bond donors (Lipinski definition) is 0. The Morgan fingerprint density at radius 1 is 0.967 bits per heavy atom. The number of furan rings is 1. The smallest absolute Gasteiger partial charge is 0.223 e. The van der Waals surface area contributed by atoms with Crippen molar-refractivity contribution in [2.75, 3.05) is 0 Å². The van der Waals surface area contributed by atoms with Crippen molar-refractivity contribution >= 4 is 5.91 Å². The number of rotatable bonds is 9. The van der Waals surface area contributed by atoms with Gasteiger partial charge in [-0.05, 0) is 30.2 Å². The average molecular weight is 401 g/mol. The fourth-order valence-electron chi connectivity index (χ4n) is 3.25. The summed E-state index contributed by atoms with van der Waals surface area (Å²) < 4.78 is 11.3. The van der Waals surface area contributed by atoms with Crippen LogP contribution in [-0.2, 0) is 24.3 Å². The number of aromatic nitrogens is 2. The largest absolute Gasteiger partial charge is 0.467 e. The molecule has 0 fully saturated rings. The van der Waals surface area contributed by atoms with Crippen LogP contribution in [0.25, 0.3) is 11.3 Å². The van der Waals surface area contributed by atoms with Crippen molar-refractivity contribution in [1.29, 1.82) is 0 Å². The van der Waals surface area contributed by atoms with Crippen molar-refractivity contribution in [3.8, 4) is 11.3 Å². The number of nitrogens with zero attached hydrogens (tertiary/aromatic N) is 3. The van der Waals surface area contributed by atoms with Gasteiger partial charge in [0.2, 0.25) is 5.91 Å². The molecule has 1 aromatic carbocycles. The van der Waals surface area contributed by atoms with E-state index in [1.807, 2.05) is 54.6 Å². The first-order chi connectivity index (χ1) is 14.8. The highest BCUT2D eigenvalue weighted by molar-refractivity contribution is 5.76. The highest BCUT2D eigenvalue weighted by Crippen LogP contribution is 2.21. The quantitative estimate of drug-likeness (QED) is 0.400. The molecule has 30 heavy (non-hydrogen) atoms. The summed E-state index contributed by atoms with van der Waals surface area (Å²) in [6.45, 7) is 0.919. The molecule has 0 saturated heterocycles. The summed E-state index contributed by atoms with van der Waals surface area (Å²) in [4.78, 5) is 23.2. The number of amides is 1. The van der Waals surface area contributed by atoms with Crippen LogP contribution in [0.2, 0.25) is 0 Å². The van der Waals surface area contributed by atoms with Gasteiger partial charge in [-0.1, -0.05) is 36.4 Å². The molecular weight excluding hydrogens is 378 g/mol. The van der Waals surface area contributed by atoms with Gasteiger partial charge in [0, 0.05) is 37.3 Å². The summed E-state index contributed by atoms with van der Waals surface area (Å²) in [7, 11) is 0. The minimum absolute atomic E-state index is 0.0603. The fourth-order valence-corrected chi connectivity index (χ4v) is 3.25. The number of hydrogen-bond acceptors (Lipinski definition) is 5. The van der Waals surface area contributed by atoms with Crippen LogP contribution in [0, 0.1) is 0 Å². The number of benzene rings is 1. The predicted molar refractivity (Wildman–Crippen MR) is 112 cm³/mol. The Morgan fingerprint density at radius 3 is 2.63 bits per heavy atom. The molecule has 0 aliphatic carbocycles. The molecule has 0 unspecified atom stereocenters. The van der Waals surface area contributed by atoms with Crippen molar-refractivity contribution in [1.82, 2.24) is 14.9 Å². The molecule has 1 amide bonds. The Hall–Kier alpha value is -3.67. The van der Waals surface area contributed by atoms with Gasteiger partial charge in [-0.3, -0.25) is 9.78 Å². The van der Waals surface area contributed by atoms with E-state index >= 15 is 0 Å². The number of aryl methyl sites for hydroxylation is 1. The highest BCUT2D eigenvalue weighted by atomic mass is 16.4. The number of carbonyl (C=O) groups excluding carboxylic acids is 1. The van der Waals surface area contributed by atoms with Gasteiger partial charge in [-0.25, -0.2) is 4.98 Å². The first-order valence-corrected chi connectivity index (χ1v) is 9.97. The molecule has 0 N–H and O–H groups in total. The maximum absolute atomic E-state index is 12.9. The Bertz CT molecular complexity index is 1040. The third-order valence-electron chi connectivity index (χ3n) is 4.77. The Balaban J connectivity index is 1.35. The average Bonchev–Trinajstić information content (AvgIpc) is 3.47. The van der Waals surface area contributed by atoms with Crippen LogP contribution in [0.1, 0.15) is 30.1 Å². The summed E-state index contributed by atoms with van der Waals surface area (Å²) >= 11 is 0. The third kappa shape index (κ3) is 5.23. The van der Waals surface area contributed by atoms with Crippen LogP contribution in [0.4, 0.5) is 0 Å². The van der Waals surface area contributed by atoms with Crippen LogP contribution < -0.4 is 0 Å².